The summed E-state index contributed by atoms with van der Waals surface area (Å²) in [6.45, 7) is 0.574. The smallest absolute Gasteiger partial charge is 0.335 e. The van der Waals surface area contributed by atoms with Gasteiger partial charge in [-0.25, -0.2) is 0 Å². The van der Waals surface area contributed by atoms with Gasteiger partial charge in [-0.1, -0.05) is 12.8 Å². The van der Waals surface area contributed by atoms with Gasteiger partial charge in [0.2, 0.25) is 0 Å². The van der Waals surface area contributed by atoms with Gasteiger partial charge in [0, 0.05) is 13.1 Å². The second-order valence-corrected chi connectivity index (χ2v) is 4.58. The van der Waals surface area contributed by atoms with Gasteiger partial charge < -0.3 is 4.90 Å². The first-order chi connectivity index (χ1) is 6.97. The minimum atomic E-state index is -4.70. The highest BCUT2D eigenvalue weighted by Gasteiger charge is 2.44. The fourth-order valence-corrected chi connectivity index (χ4v) is 2.21. The van der Waals surface area contributed by atoms with E-state index in [1.54, 1.807) is 0 Å². The van der Waals surface area contributed by atoms with Gasteiger partial charge in [-0.3, -0.25) is 4.79 Å². The third kappa shape index (κ3) is 2.63. The number of rotatable bonds is 2. The molecule has 1 unspecified atom stereocenters. The molecular weight excluding hydrogens is 207 g/mol. The van der Waals surface area contributed by atoms with Crippen LogP contribution < -0.4 is 0 Å². The summed E-state index contributed by atoms with van der Waals surface area (Å²) in [5, 5.41) is 0. The molecule has 2 rings (SSSR count). The molecule has 1 heterocycles. The fraction of sp³-hybridized carbons (Fsp3) is 0.900. The van der Waals surface area contributed by atoms with Crippen LogP contribution in [0.2, 0.25) is 0 Å². The third-order valence-corrected chi connectivity index (χ3v) is 3.18. The summed E-state index contributed by atoms with van der Waals surface area (Å²) in [5.74, 6) is -0.652. The Morgan fingerprint density at radius 1 is 1.20 bits per heavy atom. The molecule has 0 aromatic carbocycles. The van der Waals surface area contributed by atoms with Crippen molar-refractivity contribution in [1.82, 2.24) is 4.90 Å². The van der Waals surface area contributed by atoms with Crippen LogP contribution in [0.4, 0.5) is 13.2 Å². The van der Waals surface area contributed by atoms with E-state index in [4.69, 9.17) is 0 Å². The summed E-state index contributed by atoms with van der Waals surface area (Å²) < 4.78 is 36.3. The van der Waals surface area contributed by atoms with Crippen molar-refractivity contribution in [1.29, 1.82) is 0 Å². The Morgan fingerprint density at radius 3 is 2.40 bits per heavy atom. The summed E-state index contributed by atoms with van der Waals surface area (Å²) in [6.07, 6.45) is -0.540. The number of alkyl halides is 3. The van der Waals surface area contributed by atoms with Gasteiger partial charge in [0.1, 0.15) is 0 Å². The lowest BCUT2D eigenvalue weighted by molar-refractivity contribution is -0.184. The van der Waals surface area contributed by atoms with Gasteiger partial charge in [-0.15, -0.1) is 0 Å². The van der Waals surface area contributed by atoms with E-state index >= 15 is 0 Å². The van der Waals surface area contributed by atoms with Crippen LogP contribution in [0.5, 0.6) is 0 Å². The largest absolute Gasteiger partial charge is 0.471 e. The lowest BCUT2D eigenvalue weighted by Crippen LogP contribution is -2.39. The van der Waals surface area contributed by atoms with Crippen LogP contribution in [0.1, 0.15) is 25.7 Å². The van der Waals surface area contributed by atoms with Crippen molar-refractivity contribution in [2.75, 3.05) is 13.1 Å². The summed E-state index contributed by atoms with van der Waals surface area (Å²) in [4.78, 5) is 11.9. The van der Waals surface area contributed by atoms with E-state index in [-0.39, 0.29) is 6.54 Å². The van der Waals surface area contributed by atoms with Gasteiger partial charge >= 0.3 is 12.1 Å². The summed E-state index contributed by atoms with van der Waals surface area (Å²) in [6, 6.07) is 0. The molecule has 1 aliphatic carbocycles. The van der Waals surface area contributed by atoms with E-state index in [0.717, 1.165) is 23.7 Å². The maximum Gasteiger partial charge on any atom is 0.471 e. The summed E-state index contributed by atoms with van der Waals surface area (Å²) in [7, 11) is 0. The molecule has 1 amide bonds. The number of carbonyl (C=O) groups excluding carboxylic acids is 1. The van der Waals surface area contributed by atoms with Crippen molar-refractivity contribution in [2.45, 2.75) is 31.9 Å². The number of hydrogen-bond acceptors (Lipinski definition) is 1. The molecule has 15 heavy (non-hydrogen) atoms. The predicted octanol–water partition coefficient (Wildman–Crippen LogP) is 2.20. The van der Waals surface area contributed by atoms with Gasteiger partial charge in [0.05, 0.1) is 0 Å². The SMILES string of the molecule is O=C(N1CCC(CC2CC2)C1)C(F)(F)F. The van der Waals surface area contributed by atoms with Crippen LogP contribution in [-0.4, -0.2) is 30.1 Å². The molecule has 0 spiro atoms. The van der Waals surface area contributed by atoms with Crippen LogP contribution in [0.3, 0.4) is 0 Å². The van der Waals surface area contributed by atoms with E-state index in [0.29, 0.717) is 12.5 Å². The van der Waals surface area contributed by atoms with Gasteiger partial charge in [0.15, 0.2) is 0 Å². The van der Waals surface area contributed by atoms with Crippen LogP contribution in [0.25, 0.3) is 0 Å². The zero-order chi connectivity index (χ0) is 11.1. The quantitative estimate of drug-likeness (QED) is 0.700. The van der Waals surface area contributed by atoms with Gasteiger partial charge in [0.25, 0.3) is 0 Å². The molecule has 1 atom stereocenters. The zero-order valence-corrected chi connectivity index (χ0v) is 8.39. The number of likely N-dealkylation sites (tertiary alicyclic amines) is 1. The van der Waals surface area contributed by atoms with Gasteiger partial charge in [-0.2, -0.15) is 13.2 Å². The van der Waals surface area contributed by atoms with Crippen molar-refractivity contribution < 1.29 is 18.0 Å². The number of hydrogen-bond donors (Lipinski definition) is 0. The summed E-state index contributed by atoms with van der Waals surface area (Å²) in [5.41, 5.74) is 0. The van der Waals surface area contributed by atoms with Crippen molar-refractivity contribution in [3.8, 4) is 0 Å². The van der Waals surface area contributed by atoms with E-state index < -0.39 is 12.1 Å². The second kappa shape index (κ2) is 3.68. The molecule has 2 nitrogen and oxygen atoms in total. The molecule has 0 aromatic heterocycles. The number of amides is 1. The molecule has 2 fully saturated rings. The van der Waals surface area contributed by atoms with E-state index in [1.165, 1.54) is 12.8 Å². The van der Waals surface area contributed by atoms with Crippen LogP contribution in [0.15, 0.2) is 0 Å². The lowest BCUT2D eigenvalue weighted by atomic mass is 10.0. The van der Waals surface area contributed by atoms with Crippen molar-refractivity contribution in [3.63, 3.8) is 0 Å². The average molecular weight is 221 g/mol. The number of carbonyl (C=O) groups is 1. The molecule has 0 N–H and O–H groups in total. The van der Waals surface area contributed by atoms with Gasteiger partial charge in [-0.05, 0) is 24.7 Å². The van der Waals surface area contributed by atoms with E-state index in [9.17, 15) is 18.0 Å². The Hall–Kier alpha value is -0.740. The van der Waals surface area contributed by atoms with Crippen LogP contribution in [-0.2, 0) is 4.79 Å². The Labute approximate surface area is 86.4 Å². The Morgan fingerprint density at radius 2 is 1.87 bits per heavy atom. The second-order valence-electron chi connectivity index (χ2n) is 4.58. The third-order valence-electron chi connectivity index (χ3n) is 3.18. The molecular formula is C10H14F3NO. The number of halogens is 3. The molecule has 0 bridgehead atoms. The lowest BCUT2D eigenvalue weighted by Gasteiger charge is -2.17. The highest BCUT2D eigenvalue weighted by molar-refractivity contribution is 5.82. The molecule has 0 radical (unpaired) electrons. The normalized spacial score (nSPS) is 27.1. The molecule has 1 saturated carbocycles. The monoisotopic (exact) mass is 221 g/mol. The first-order valence-electron chi connectivity index (χ1n) is 5.33. The predicted molar refractivity (Wildman–Crippen MR) is 48.1 cm³/mol. The molecule has 2 aliphatic rings. The molecule has 1 saturated heterocycles. The van der Waals surface area contributed by atoms with E-state index in [1.807, 2.05) is 0 Å². The minimum Gasteiger partial charge on any atom is -0.335 e. The van der Waals surface area contributed by atoms with Crippen molar-refractivity contribution in [2.24, 2.45) is 11.8 Å². The molecule has 0 aromatic rings. The molecule has 86 valence electrons. The average Bonchev–Trinajstić information content (AvgIpc) is 2.80. The molecule has 5 heteroatoms. The first kappa shape index (κ1) is 10.8. The summed E-state index contributed by atoms with van der Waals surface area (Å²) >= 11 is 0. The highest BCUT2D eigenvalue weighted by atomic mass is 19.4. The topological polar surface area (TPSA) is 20.3 Å². The standard InChI is InChI=1S/C10H14F3NO/c11-10(12,13)9(15)14-4-3-8(6-14)5-7-1-2-7/h7-8H,1-6H2. The fourth-order valence-electron chi connectivity index (χ4n) is 2.21. The zero-order valence-electron chi connectivity index (χ0n) is 8.39. The van der Waals surface area contributed by atoms with Crippen molar-refractivity contribution >= 4 is 5.91 Å². The van der Waals surface area contributed by atoms with Crippen LogP contribution in [0, 0.1) is 11.8 Å². The number of nitrogens with zero attached hydrogens (tertiary/aromatic N) is 1. The van der Waals surface area contributed by atoms with E-state index in [2.05, 4.69) is 0 Å². The Kier molecular flexibility index (Phi) is 2.64. The Bertz CT molecular complexity index is 260. The molecule has 1 aliphatic heterocycles. The Balaban J connectivity index is 1.83. The maximum absolute atomic E-state index is 12.1. The maximum atomic E-state index is 12.1. The van der Waals surface area contributed by atoms with Crippen molar-refractivity contribution in [3.05, 3.63) is 0 Å². The van der Waals surface area contributed by atoms with Crippen LogP contribution >= 0.6 is 0 Å². The first-order valence-corrected chi connectivity index (χ1v) is 5.33. The highest BCUT2D eigenvalue weighted by Crippen LogP contribution is 2.38. The minimum absolute atomic E-state index is 0.274.